The molecule has 0 saturated carbocycles. The zero-order valence-electron chi connectivity index (χ0n) is 17.5. The smallest absolute Gasteiger partial charge is 0.169 e. The molecule has 31 heavy (non-hydrogen) atoms. The molecule has 0 spiro atoms. The molecule has 2 aromatic carbocycles. The number of benzene rings is 2. The van der Waals surface area contributed by atoms with Gasteiger partial charge in [0.25, 0.3) is 0 Å². The molecule has 0 unspecified atom stereocenters. The number of hydrogen-bond acceptors (Lipinski definition) is 6. The number of hydrogen-bond donors (Lipinski definition) is 1. The Bertz CT molecular complexity index is 1090. The molecular weight excluding hydrogens is 434 g/mol. The highest BCUT2D eigenvalue weighted by molar-refractivity contribution is 7.80. The van der Waals surface area contributed by atoms with Crippen LogP contribution in [0.1, 0.15) is 5.56 Å². The van der Waals surface area contributed by atoms with Gasteiger partial charge in [0.2, 0.25) is 0 Å². The predicted octanol–water partition coefficient (Wildman–Crippen LogP) is 3.50. The lowest BCUT2D eigenvalue weighted by atomic mass is 10.2. The van der Waals surface area contributed by atoms with E-state index in [2.05, 4.69) is 25.1 Å². The van der Waals surface area contributed by atoms with Crippen molar-refractivity contribution in [2.75, 3.05) is 45.3 Å². The molecule has 1 N–H and O–H groups in total. The Morgan fingerprint density at radius 2 is 1.77 bits per heavy atom. The maximum Gasteiger partial charge on any atom is 0.169 e. The summed E-state index contributed by atoms with van der Waals surface area (Å²) >= 11 is 11.8. The van der Waals surface area contributed by atoms with Crippen LogP contribution >= 0.6 is 23.8 Å². The highest BCUT2D eigenvalue weighted by atomic mass is 35.5. The summed E-state index contributed by atoms with van der Waals surface area (Å²) in [6.07, 6.45) is 1.59. The molecule has 0 amide bonds. The van der Waals surface area contributed by atoms with Gasteiger partial charge in [-0.1, -0.05) is 29.8 Å². The van der Waals surface area contributed by atoms with Gasteiger partial charge in [-0.05, 0) is 29.9 Å². The van der Waals surface area contributed by atoms with Crippen LogP contribution in [0.3, 0.4) is 0 Å². The SMILES string of the molecule is COc1cc2ncnc(N3CCN(C(=S)NCc4ccccc4Cl)CC3)c2cc1OC. The van der Waals surface area contributed by atoms with E-state index in [0.29, 0.717) is 18.0 Å². The number of nitrogens with zero attached hydrogens (tertiary/aromatic N) is 4. The number of thiocarbonyl (C=S) groups is 1. The molecule has 1 aromatic heterocycles. The van der Waals surface area contributed by atoms with E-state index in [1.165, 1.54) is 0 Å². The lowest BCUT2D eigenvalue weighted by Gasteiger charge is -2.37. The normalized spacial score (nSPS) is 13.9. The van der Waals surface area contributed by atoms with Gasteiger partial charge in [-0.25, -0.2) is 9.97 Å². The maximum absolute atomic E-state index is 6.24. The van der Waals surface area contributed by atoms with Crippen molar-refractivity contribution < 1.29 is 9.47 Å². The fourth-order valence-corrected chi connectivity index (χ4v) is 4.12. The second kappa shape index (κ2) is 9.53. The Morgan fingerprint density at radius 1 is 1.06 bits per heavy atom. The van der Waals surface area contributed by atoms with Crippen LogP contribution in [0.5, 0.6) is 11.5 Å². The maximum atomic E-state index is 6.24. The minimum absolute atomic E-state index is 0.608. The highest BCUT2D eigenvalue weighted by Gasteiger charge is 2.22. The summed E-state index contributed by atoms with van der Waals surface area (Å²) in [5.74, 6) is 2.20. The summed E-state index contributed by atoms with van der Waals surface area (Å²) in [5, 5.41) is 5.73. The van der Waals surface area contributed by atoms with Gasteiger partial charge in [0, 0.05) is 49.2 Å². The molecule has 0 aliphatic carbocycles. The second-order valence-corrected chi connectivity index (χ2v) is 7.94. The molecular formula is C22H24ClN5O2S. The van der Waals surface area contributed by atoms with Gasteiger partial charge < -0.3 is 24.6 Å². The molecule has 0 atom stereocenters. The fourth-order valence-electron chi connectivity index (χ4n) is 3.67. The van der Waals surface area contributed by atoms with Crippen LogP contribution in [0.15, 0.2) is 42.7 Å². The first kappa shape index (κ1) is 21.4. The first-order chi connectivity index (χ1) is 15.1. The molecule has 3 aromatic rings. The summed E-state index contributed by atoms with van der Waals surface area (Å²) in [5.41, 5.74) is 1.85. The van der Waals surface area contributed by atoms with Crippen LogP contribution in [0.4, 0.5) is 5.82 Å². The minimum Gasteiger partial charge on any atom is -0.493 e. The van der Waals surface area contributed by atoms with Crippen LogP contribution in [0.25, 0.3) is 10.9 Å². The molecule has 1 aliphatic rings. The van der Waals surface area contributed by atoms with Gasteiger partial charge in [0.15, 0.2) is 16.6 Å². The van der Waals surface area contributed by atoms with E-state index >= 15 is 0 Å². The molecule has 4 rings (SSSR count). The van der Waals surface area contributed by atoms with E-state index in [9.17, 15) is 0 Å². The van der Waals surface area contributed by atoms with Crippen LogP contribution in [0, 0.1) is 0 Å². The van der Waals surface area contributed by atoms with Crippen molar-refractivity contribution in [3.05, 3.63) is 53.3 Å². The van der Waals surface area contributed by atoms with E-state index in [-0.39, 0.29) is 0 Å². The number of ether oxygens (including phenoxy) is 2. The summed E-state index contributed by atoms with van der Waals surface area (Å²) in [7, 11) is 3.25. The third-order valence-electron chi connectivity index (χ3n) is 5.37. The lowest BCUT2D eigenvalue weighted by Crippen LogP contribution is -2.51. The molecule has 2 heterocycles. The first-order valence-electron chi connectivity index (χ1n) is 9.98. The minimum atomic E-state index is 0.608. The highest BCUT2D eigenvalue weighted by Crippen LogP contribution is 2.34. The Morgan fingerprint density at radius 3 is 2.48 bits per heavy atom. The summed E-state index contributed by atoms with van der Waals surface area (Å²) in [6, 6.07) is 11.6. The number of piperazine rings is 1. The van der Waals surface area contributed by atoms with Gasteiger partial charge in [0.1, 0.15) is 12.1 Å². The van der Waals surface area contributed by atoms with E-state index < -0.39 is 0 Å². The molecule has 1 saturated heterocycles. The van der Waals surface area contributed by atoms with E-state index in [4.69, 9.17) is 33.3 Å². The largest absolute Gasteiger partial charge is 0.493 e. The van der Waals surface area contributed by atoms with Crippen LogP contribution in [0.2, 0.25) is 5.02 Å². The van der Waals surface area contributed by atoms with Crippen molar-refractivity contribution in [2.24, 2.45) is 0 Å². The van der Waals surface area contributed by atoms with Crippen molar-refractivity contribution in [2.45, 2.75) is 6.54 Å². The Balaban J connectivity index is 1.43. The third-order valence-corrected chi connectivity index (χ3v) is 6.15. The Labute approximate surface area is 191 Å². The van der Waals surface area contributed by atoms with E-state index in [1.54, 1.807) is 20.5 Å². The molecule has 0 radical (unpaired) electrons. The van der Waals surface area contributed by atoms with Crippen LogP contribution in [-0.4, -0.2) is 60.4 Å². The van der Waals surface area contributed by atoms with Gasteiger partial charge in [-0.15, -0.1) is 0 Å². The fraction of sp³-hybridized carbons (Fsp3) is 0.318. The van der Waals surface area contributed by atoms with E-state index in [0.717, 1.165) is 58.6 Å². The average Bonchev–Trinajstić information content (AvgIpc) is 2.82. The van der Waals surface area contributed by atoms with Crippen molar-refractivity contribution >= 4 is 45.7 Å². The molecule has 7 nitrogen and oxygen atoms in total. The van der Waals surface area contributed by atoms with E-state index in [1.807, 2.05) is 36.4 Å². The number of fused-ring (bicyclic) bond motifs is 1. The topological polar surface area (TPSA) is 62.8 Å². The van der Waals surface area contributed by atoms with Gasteiger partial charge in [0.05, 0.1) is 19.7 Å². The molecule has 9 heteroatoms. The van der Waals surface area contributed by atoms with Crippen molar-refractivity contribution in [1.29, 1.82) is 0 Å². The lowest BCUT2D eigenvalue weighted by molar-refractivity contribution is 0.355. The van der Waals surface area contributed by atoms with Gasteiger partial charge >= 0.3 is 0 Å². The average molecular weight is 458 g/mol. The summed E-state index contributed by atoms with van der Waals surface area (Å²) in [4.78, 5) is 13.4. The molecule has 1 aliphatic heterocycles. The zero-order chi connectivity index (χ0) is 21.8. The quantitative estimate of drug-likeness (QED) is 0.584. The number of aromatic nitrogens is 2. The molecule has 1 fully saturated rings. The van der Waals surface area contributed by atoms with Crippen molar-refractivity contribution in [1.82, 2.24) is 20.2 Å². The number of rotatable bonds is 5. The van der Waals surface area contributed by atoms with Gasteiger partial charge in [-0.2, -0.15) is 0 Å². The number of nitrogens with one attached hydrogen (secondary N) is 1. The Hall–Kier alpha value is -2.84. The first-order valence-corrected chi connectivity index (χ1v) is 10.8. The third kappa shape index (κ3) is 4.60. The number of methoxy groups -OCH3 is 2. The monoisotopic (exact) mass is 457 g/mol. The standard InChI is InChI=1S/C22H24ClN5O2S/c1-29-19-11-16-18(12-20(19)30-2)25-14-26-21(16)27-7-9-28(10-8-27)22(31)24-13-15-5-3-4-6-17(15)23/h3-6,11-12,14H,7-10,13H2,1-2H3,(H,24,31). The molecule has 162 valence electrons. The zero-order valence-corrected chi connectivity index (χ0v) is 19.0. The van der Waals surface area contributed by atoms with Crippen LogP contribution < -0.4 is 19.7 Å². The summed E-state index contributed by atoms with van der Waals surface area (Å²) in [6.45, 7) is 3.81. The number of anilines is 1. The second-order valence-electron chi connectivity index (χ2n) is 7.15. The predicted molar refractivity (Wildman–Crippen MR) is 127 cm³/mol. The van der Waals surface area contributed by atoms with Crippen LogP contribution in [-0.2, 0) is 6.54 Å². The molecule has 0 bridgehead atoms. The van der Waals surface area contributed by atoms with Gasteiger partial charge in [-0.3, -0.25) is 0 Å². The van der Waals surface area contributed by atoms with Crippen molar-refractivity contribution in [3.63, 3.8) is 0 Å². The number of halogens is 1. The Kier molecular flexibility index (Phi) is 6.58. The summed E-state index contributed by atoms with van der Waals surface area (Å²) < 4.78 is 10.9. The van der Waals surface area contributed by atoms with Crippen molar-refractivity contribution in [3.8, 4) is 11.5 Å².